The normalized spacial score (nSPS) is 15.3. The Morgan fingerprint density at radius 3 is 2.21 bits per heavy atom. The summed E-state index contributed by atoms with van der Waals surface area (Å²) in [7, 11) is 3.70. The van der Waals surface area contributed by atoms with Crippen molar-refractivity contribution in [3.8, 4) is 5.75 Å². The van der Waals surface area contributed by atoms with E-state index in [1.54, 1.807) is 29.2 Å². The minimum atomic E-state index is -4.69. The van der Waals surface area contributed by atoms with E-state index in [1.807, 2.05) is 19.0 Å². The first-order chi connectivity index (χ1) is 13.7. The molecule has 156 valence electrons. The number of halogens is 3. The fourth-order valence-corrected chi connectivity index (χ4v) is 3.00. The number of hydrogen-bond donors (Lipinski definition) is 0. The molecular weight excluding hydrogens is 387 g/mol. The topological polar surface area (TPSA) is 61.8 Å². The maximum absolute atomic E-state index is 12.6. The molecular formula is C19H22F3N5O2. The molecule has 2 heterocycles. The van der Waals surface area contributed by atoms with Crippen LogP contribution in [0.3, 0.4) is 0 Å². The summed E-state index contributed by atoms with van der Waals surface area (Å²) in [5, 5.41) is 8.04. The second kappa shape index (κ2) is 8.64. The van der Waals surface area contributed by atoms with Crippen LogP contribution in [0.1, 0.15) is 16.1 Å². The van der Waals surface area contributed by atoms with Gasteiger partial charge in [-0.1, -0.05) is 12.1 Å². The highest BCUT2D eigenvalue weighted by molar-refractivity contribution is 5.92. The van der Waals surface area contributed by atoms with Gasteiger partial charge in [0.05, 0.1) is 0 Å². The quantitative estimate of drug-likeness (QED) is 0.756. The van der Waals surface area contributed by atoms with Crippen LogP contribution >= 0.6 is 0 Å². The van der Waals surface area contributed by atoms with Crippen LogP contribution in [0.15, 0.2) is 36.4 Å². The molecule has 1 saturated heterocycles. The van der Waals surface area contributed by atoms with Gasteiger partial charge in [0.2, 0.25) is 0 Å². The van der Waals surface area contributed by atoms with E-state index in [0.29, 0.717) is 44.2 Å². The van der Waals surface area contributed by atoms with Crippen LogP contribution in [-0.4, -0.2) is 72.5 Å². The molecule has 1 fully saturated rings. The average molecular weight is 409 g/mol. The standard InChI is InChI=1S/C19H22F3N5O2/c1-25(2)17-8-7-16(23-24-17)18(28)27-11-9-26(10-12-27)13-14-3-5-15(6-4-14)29-19(20,21)22/h3-8H,9-13H2,1-2H3. The van der Waals surface area contributed by atoms with E-state index in [2.05, 4.69) is 19.8 Å². The number of carbonyl (C=O) groups excluding carboxylic acids is 1. The number of piperazine rings is 1. The highest BCUT2D eigenvalue weighted by atomic mass is 19.4. The van der Waals surface area contributed by atoms with E-state index < -0.39 is 6.36 Å². The van der Waals surface area contributed by atoms with E-state index in [4.69, 9.17) is 0 Å². The Labute approximate surface area is 166 Å². The monoisotopic (exact) mass is 409 g/mol. The first-order valence-corrected chi connectivity index (χ1v) is 9.08. The van der Waals surface area contributed by atoms with Crippen molar-refractivity contribution in [1.82, 2.24) is 20.0 Å². The summed E-state index contributed by atoms with van der Waals surface area (Å²) in [5.41, 5.74) is 1.19. The van der Waals surface area contributed by atoms with E-state index >= 15 is 0 Å². The molecule has 1 aliphatic rings. The lowest BCUT2D eigenvalue weighted by Crippen LogP contribution is -2.48. The number of hydrogen-bond acceptors (Lipinski definition) is 6. The highest BCUT2D eigenvalue weighted by Crippen LogP contribution is 2.23. The lowest BCUT2D eigenvalue weighted by Gasteiger charge is -2.34. The van der Waals surface area contributed by atoms with Crippen molar-refractivity contribution in [3.05, 3.63) is 47.7 Å². The van der Waals surface area contributed by atoms with Crippen molar-refractivity contribution >= 4 is 11.7 Å². The van der Waals surface area contributed by atoms with Crippen molar-refractivity contribution in [2.45, 2.75) is 12.9 Å². The molecule has 0 atom stereocenters. The molecule has 0 bridgehead atoms. The molecule has 29 heavy (non-hydrogen) atoms. The van der Waals surface area contributed by atoms with Gasteiger partial charge in [0.1, 0.15) is 5.75 Å². The second-order valence-electron chi connectivity index (χ2n) is 6.93. The molecule has 1 aliphatic heterocycles. The fraction of sp³-hybridized carbons (Fsp3) is 0.421. The fourth-order valence-electron chi connectivity index (χ4n) is 3.00. The summed E-state index contributed by atoms with van der Waals surface area (Å²) in [5.74, 6) is 0.284. The minimum absolute atomic E-state index is 0.156. The molecule has 0 spiro atoms. The number of alkyl halides is 3. The molecule has 10 heteroatoms. The molecule has 1 amide bonds. The summed E-state index contributed by atoms with van der Waals surface area (Å²) in [4.78, 5) is 18.3. The number of amides is 1. The molecule has 0 unspecified atom stereocenters. The Kier molecular flexibility index (Phi) is 6.21. The van der Waals surface area contributed by atoms with Crippen molar-refractivity contribution < 1.29 is 22.7 Å². The third-order valence-corrected chi connectivity index (χ3v) is 4.55. The van der Waals surface area contributed by atoms with Gasteiger partial charge in [-0.15, -0.1) is 23.4 Å². The molecule has 2 aromatic rings. The predicted molar refractivity (Wildman–Crippen MR) is 101 cm³/mol. The molecule has 0 radical (unpaired) electrons. The van der Waals surface area contributed by atoms with Crippen molar-refractivity contribution in [2.75, 3.05) is 45.2 Å². The molecule has 0 N–H and O–H groups in total. The zero-order chi connectivity index (χ0) is 21.0. The van der Waals surface area contributed by atoms with Crippen molar-refractivity contribution in [2.24, 2.45) is 0 Å². The molecule has 3 rings (SSSR count). The number of rotatable bonds is 5. The maximum atomic E-state index is 12.6. The van der Waals surface area contributed by atoms with Crippen LogP contribution in [-0.2, 0) is 6.54 Å². The van der Waals surface area contributed by atoms with Gasteiger partial charge in [-0.2, -0.15) is 0 Å². The number of aromatic nitrogens is 2. The summed E-state index contributed by atoms with van der Waals surface area (Å²) < 4.78 is 40.5. The van der Waals surface area contributed by atoms with Gasteiger partial charge in [0.25, 0.3) is 5.91 Å². The number of carbonyl (C=O) groups is 1. The molecule has 1 aromatic heterocycles. The van der Waals surface area contributed by atoms with Crippen LogP contribution in [0.2, 0.25) is 0 Å². The highest BCUT2D eigenvalue weighted by Gasteiger charge is 2.31. The molecule has 0 saturated carbocycles. The average Bonchev–Trinajstić information content (AvgIpc) is 2.68. The zero-order valence-electron chi connectivity index (χ0n) is 16.2. The van der Waals surface area contributed by atoms with Gasteiger partial charge in [0, 0.05) is 46.8 Å². The van der Waals surface area contributed by atoms with Gasteiger partial charge >= 0.3 is 6.36 Å². The summed E-state index contributed by atoms with van der Waals surface area (Å²) in [6.07, 6.45) is -4.69. The first kappa shape index (κ1) is 20.8. The minimum Gasteiger partial charge on any atom is -0.406 e. The molecule has 0 aliphatic carbocycles. The Hall–Kier alpha value is -2.88. The first-order valence-electron chi connectivity index (χ1n) is 9.08. The maximum Gasteiger partial charge on any atom is 0.573 e. The Balaban J connectivity index is 1.50. The largest absolute Gasteiger partial charge is 0.573 e. The lowest BCUT2D eigenvalue weighted by molar-refractivity contribution is -0.274. The van der Waals surface area contributed by atoms with Gasteiger partial charge in [0.15, 0.2) is 11.5 Å². The van der Waals surface area contributed by atoms with E-state index in [9.17, 15) is 18.0 Å². The van der Waals surface area contributed by atoms with Gasteiger partial charge in [-0.05, 0) is 29.8 Å². The lowest BCUT2D eigenvalue weighted by atomic mass is 10.2. The van der Waals surface area contributed by atoms with Crippen molar-refractivity contribution in [1.29, 1.82) is 0 Å². The van der Waals surface area contributed by atoms with Crippen LogP contribution in [0.4, 0.5) is 19.0 Å². The van der Waals surface area contributed by atoms with Crippen LogP contribution < -0.4 is 9.64 Å². The zero-order valence-corrected chi connectivity index (χ0v) is 16.2. The SMILES string of the molecule is CN(C)c1ccc(C(=O)N2CCN(Cc3ccc(OC(F)(F)F)cc3)CC2)nn1. The van der Waals surface area contributed by atoms with Crippen molar-refractivity contribution in [3.63, 3.8) is 0 Å². The molecule has 7 nitrogen and oxygen atoms in total. The van der Waals surface area contributed by atoms with E-state index in [-0.39, 0.29) is 11.7 Å². The van der Waals surface area contributed by atoms with E-state index in [1.165, 1.54) is 12.1 Å². The third-order valence-electron chi connectivity index (χ3n) is 4.55. The summed E-state index contributed by atoms with van der Waals surface area (Å²) in [6, 6.07) is 9.25. The Morgan fingerprint density at radius 2 is 1.69 bits per heavy atom. The third kappa shape index (κ3) is 5.80. The molecule has 1 aromatic carbocycles. The van der Waals surface area contributed by atoms with Gasteiger partial charge < -0.3 is 14.5 Å². The van der Waals surface area contributed by atoms with E-state index in [0.717, 1.165) is 5.56 Å². The summed E-state index contributed by atoms with van der Waals surface area (Å²) in [6.45, 7) is 3.01. The smallest absolute Gasteiger partial charge is 0.406 e. The predicted octanol–water partition coefficient (Wildman–Crippen LogP) is 2.40. The number of anilines is 1. The Bertz CT molecular complexity index is 817. The Morgan fingerprint density at radius 1 is 1.03 bits per heavy atom. The summed E-state index contributed by atoms with van der Waals surface area (Å²) >= 11 is 0. The number of nitrogens with zero attached hydrogens (tertiary/aromatic N) is 5. The number of ether oxygens (including phenoxy) is 1. The second-order valence-corrected chi connectivity index (χ2v) is 6.93. The van der Waals surface area contributed by atoms with Crippen LogP contribution in [0, 0.1) is 0 Å². The van der Waals surface area contributed by atoms with Crippen LogP contribution in [0.25, 0.3) is 0 Å². The van der Waals surface area contributed by atoms with Gasteiger partial charge in [-0.25, -0.2) is 0 Å². The van der Waals surface area contributed by atoms with Gasteiger partial charge in [-0.3, -0.25) is 9.69 Å². The van der Waals surface area contributed by atoms with Crippen LogP contribution in [0.5, 0.6) is 5.75 Å². The number of benzene rings is 1.